The van der Waals surface area contributed by atoms with Crippen LogP contribution in [0.15, 0.2) is 0 Å². The summed E-state index contributed by atoms with van der Waals surface area (Å²) in [5, 5.41) is 3.90. The fraction of sp³-hybridized carbons (Fsp3) is 1.00. The second-order valence-electron chi connectivity index (χ2n) is 6.07. The first kappa shape index (κ1) is 11.0. The molecule has 0 amide bonds. The van der Waals surface area contributed by atoms with Crippen LogP contribution in [0, 0.1) is 5.92 Å². The number of fused-ring (bicyclic) bond motifs is 1. The average Bonchev–Trinajstić information content (AvgIpc) is 3.06. The first-order valence-corrected chi connectivity index (χ1v) is 7.37. The zero-order valence-electron chi connectivity index (χ0n) is 10.6. The maximum Gasteiger partial charge on any atom is 0.0201 e. The number of nitrogens with zero attached hydrogens (tertiary/aromatic N) is 1. The summed E-state index contributed by atoms with van der Waals surface area (Å²) < 4.78 is 0. The van der Waals surface area contributed by atoms with Crippen LogP contribution in [0.5, 0.6) is 0 Å². The van der Waals surface area contributed by atoms with Gasteiger partial charge in [-0.15, -0.1) is 0 Å². The summed E-state index contributed by atoms with van der Waals surface area (Å²) in [5.41, 5.74) is 0. The zero-order chi connectivity index (χ0) is 11.0. The zero-order valence-corrected chi connectivity index (χ0v) is 10.6. The fourth-order valence-corrected chi connectivity index (χ4v) is 3.83. The summed E-state index contributed by atoms with van der Waals surface area (Å²) in [4.78, 5) is 2.70. The van der Waals surface area contributed by atoms with Crippen LogP contribution in [-0.4, -0.2) is 36.1 Å². The molecule has 3 aliphatic rings. The van der Waals surface area contributed by atoms with Gasteiger partial charge in [-0.3, -0.25) is 4.90 Å². The Morgan fingerprint density at radius 1 is 1.12 bits per heavy atom. The van der Waals surface area contributed by atoms with E-state index in [4.69, 9.17) is 0 Å². The Labute approximate surface area is 99.8 Å². The minimum Gasteiger partial charge on any atom is -0.310 e. The Balaban J connectivity index is 1.52. The lowest BCUT2D eigenvalue weighted by Gasteiger charge is -2.25. The maximum absolute atomic E-state index is 3.90. The molecule has 3 unspecified atom stereocenters. The van der Waals surface area contributed by atoms with E-state index in [0.717, 1.165) is 24.0 Å². The molecule has 1 N–H and O–H groups in total. The van der Waals surface area contributed by atoms with Gasteiger partial charge in [0.25, 0.3) is 0 Å². The van der Waals surface area contributed by atoms with E-state index >= 15 is 0 Å². The molecule has 0 bridgehead atoms. The summed E-state index contributed by atoms with van der Waals surface area (Å²) in [6.45, 7) is 4.88. The molecule has 0 aromatic carbocycles. The molecule has 1 aliphatic heterocycles. The lowest BCUT2D eigenvalue weighted by molar-refractivity contribution is 0.248. The Morgan fingerprint density at radius 3 is 2.62 bits per heavy atom. The van der Waals surface area contributed by atoms with Crippen molar-refractivity contribution in [2.75, 3.05) is 13.1 Å². The van der Waals surface area contributed by atoms with E-state index in [-0.39, 0.29) is 0 Å². The van der Waals surface area contributed by atoms with Crippen LogP contribution >= 0.6 is 0 Å². The maximum atomic E-state index is 3.90. The van der Waals surface area contributed by atoms with Gasteiger partial charge in [-0.05, 0) is 44.6 Å². The van der Waals surface area contributed by atoms with Crippen molar-refractivity contribution >= 4 is 0 Å². The average molecular weight is 222 g/mol. The van der Waals surface area contributed by atoms with Gasteiger partial charge in [0.05, 0.1) is 0 Å². The molecule has 0 radical (unpaired) electrons. The van der Waals surface area contributed by atoms with E-state index in [0.29, 0.717) is 0 Å². The van der Waals surface area contributed by atoms with Crippen molar-refractivity contribution in [3.63, 3.8) is 0 Å². The predicted octanol–water partition coefficient (Wildman–Crippen LogP) is 2.39. The number of hydrogen-bond acceptors (Lipinski definition) is 2. The predicted molar refractivity (Wildman–Crippen MR) is 67.6 cm³/mol. The molecule has 2 aliphatic carbocycles. The van der Waals surface area contributed by atoms with Crippen LogP contribution in [0.25, 0.3) is 0 Å². The van der Waals surface area contributed by atoms with Gasteiger partial charge < -0.3 is 5.32 Å². The second-order valence-corrected chi connectivity index (χ2v) is 6.07. The molecule has 1 heterocycles. The highest BCUT2D eigenvalue weighted by atomic mass is 15.2. The molecule has 2 heteroatoms. The number of likely N-dealkylation sites (N-methyl/N-ethyl adjacent to an activating group) is 1. The van der Waals surface area contributed by atoms with Gasteiger partial charge >= 0.3 is 0 Å². The van der Waals surface area contributed by atoms with Crippen molar-refractivity contribution in [1.29, 1.82) is 0 Å². The standard InChI is InChI=1S/C14H26N2/c1-2-16(13-7-8-13)10-12-9-11-5-3-4-6-14(11)15-12/h11-15H,2-10H2,1H3. The Hall–Kier alpha value is -0.0800. The van der Waals surface area contributed by atoms with E-state index in [2.05, 4.69) is 17.1 Å². The van der Waals surface area contributed by atoms with Crippen molar-refractivity contribution in [3.05, 3.63) is 0 Å². The molecule has 3 atom stereocenters. The highest BCUT2D eigenvalue weighted by molar-refractivity contribution is 4.95. The van der Waals surface area contributed by atoms with Crippen LogP contribution in [0.2, 0.25) is 0 Å². The molecule has 16 heavy (non-hydrogen) atoms. The molecule has 3 fully saturated rings. The molecular formula is C14H26N2. The number of hydrogen-bond donors (Lipinski definition) is 1. The first-order valence-electron chi connectivity index (χ1n) is 7.37. The fourth-order valence-electron chi connectivity index (χ4n) is 3.83. The van der Waals surface area contributed by atoms with E-state index in [1.807, 2.05) is 0 Å². The second kappa shape index (κ2) is 4.66. The quantitative estimate of drug-likeness (QED) is 0.786. The van der Waals surface area contributed by atoms with Crippen molar-refractivity contribution in [3.8, 4) is 0 Å². The van der Waals surface area contributed by atoms with Gasteiger partial charge in [0.1, 0.15) is 0 Å². The minimum atomic E-state index is 0.800. The molecule has 0 spiro atoms. The summed E-state index contributed by atoms with van der Waals surface area (Å²) >= 11 is 0. The van der Waals surface area contributed by atoms with Crippen molar-refractivity contribution in [2.45, 2.75) is 70.0 Å². The van der Waals surface area contributed by atoms with Crippen molar-refractivity contribution in [1.82, 2.24) is 10.2 Å². The molecule has 3 rings (SSSR count). The van der Waals surface area contributed by atoms with Crippen LogP contribution in [0.3, 0.4) is 0 Å². The minimum absolute atomic E-state index is 0.800. The summed E-state index contributed by atoms with van der Waals surface area (Å²) in [6, 6.07) is 2.61. The lowest BCUT2D eigenvalue weighted by atomic mass is 9.85. The smallest absolute Gasteiger partial charge is 0.0201 e. The van der Waals surface area contributed by atoms with Crippen LogP contribution < -0.4 is 5.32 Å². The Bertz CT molecular complexity index is 223. The van der Waals surface area contributed by atoms with Crippen molar-refractivity contribution < 1.29 is 0 Å². The largest absolute Gasteiger partial charge is 0.310 e. The molecule has 2 nitrogen and oxygen atoms in total. The molecule has 2 saturated carbocycles. The van der Waals surface area contributed by atoms with Crippen LogP contribution in [0.1, 0.15) is 51.9 Å². The van der Waals surface area contributed by atoms with E-state index in [1.54, 1.807) is 0 Å². The van der Waals surface area contributed by atoms with Gasteiger partial charge in [-0.25, -0.2) is 0 Å². The summed E-state index contributed by atoms with van der Waals surface area (Å²) in [6.07, 6.45) is 10.2. The van der Waals surface area contributed by atoms with Gasteiger partial charge in [0.2, 0.25) is 0 Å². The number of rotatable bonds is 4. The SMILES string of the molecule is CCN(CC1CC2CCCCC2N1)C1CC1. The van der Waals surface area contributed by atoms with Crippen molar-refractivity contribution in [2.24, 2.45) is 5.92 Å². The third-order valence-electron chi connectivity index (χ3n) is 4.87. The molecular weight excluding hydrogens is 196 g/mol. The van der Waals surface area contributed by atoms with Gasteiger partial charge in [-0.1, -0.05) is 19.8 Å². The summed E-state index contributed by atoms with van der Waals surface area (Å²) in [5.74, 6) is 1.01. The lowest BCUT2D eigenvalue weighted by Crippen LogP contribution is -2.41. The number of nitrogens with one attached hydrogen (secondary N) is 1. The first-order chi connectivity index (χ1) is 7.86. The van der Waals surface area contributed by atoms with Gasteiger partial charge in [-0.2, -0.15) is 0 Å². The van der Waals surface area contributed by atoms with E-state index in [1.165, 1.54) is 58.0 Å². The van der Waals surface area contributed by atoms with E-state index < -0.39 is 0 Å². The molecule has 92 valence electrons. The topological polar surface area (TPSA) is 15.3 Å². The highest BCUT2D eigenvalue weighted by Gasteiger charge is 2.37. The molecule has 0 aromatic rings. The van der Waals surface area contributed by atoms with E-state index in [9.17, 15) is 0 Å². The van der Waals surface area contributed by atoms with Gasteiger partial charge in [0.15, 0.2) is 0 Å². The molecule has 1 saturated heterocycles. The Kier molecular flexibility index (Phi) is 3.21. The summed E-state index contributed by atoms with van der Waals surface area (Å²) in [7, 11) is 0. The Morgan fingerprint density at radius 2 is 1.94 bits per heavy atom. The highest BCUT2D eigenvalue weighted by Crippen LogP contribution is 2.34. The third-order valence-corrected chi connectivity index (χ3v) is 4.87. The monoisotopic (exact) mass is 222 g/mol. The normalized spacial score (nSPS) is 39.0. The molecule has 0 aromatic heterocycles. The third kappa shape index (κ3) is 2.28. The van der Waals surface area contributed by atoms with Crippen LogP contribution in [-0.2, 0) is 0 Å². The van der Waals surface area contributed by atoms with Crippen LogP contribution in [0.4, 0.5) is 0 Å². The van der Waals surface area contributed by atoms with Gasteiger partial charge in [0, 0.05) is 24.7 Å².